The van der Waals surface area contributed by atoms with Crippen molar-refractivity contribution in [2.24, 2.45) is 0 Å². The maximum Gasteiger partial charge on any atom is 0.412 e. The molecule has 10 nitrogen and oxygen atoms in total. The maximum atomic E-state index is 11.8. The monoisotopic (exact) mass is 427 g/mol. The third kappa shape index (κ3) is 7.47. The first-order chi connectivity index (χ1) is 14.6. The average molecular weight is 427 g/mol. The summed E-state index contributed by atoms with van der Waals surface area (Å²) in [4.78, 5) is 31.4. The number of ether oxygens (including phenoxy) is 3. The van der Waals surface area contributed by atoms with Crippen LogP contribution in [0.2, 0.25) is 0 Å². The molecule has 2 heterocycles. The molecule has 0 aliphatic carbocycles. The molecule has 2 amide bonds. The van der Waals surface area contributed by atoms with Crippen LogP contribution in [0, 0.1) is 11.3 Å². The smallest absolute Gasteiger partial charge is 0.412 e. The van der Waals surface area contributed by atoms with E-state index < -0.39 is 17.8 Å². The Morgan fingerprint density at radius 1 is 1.19 bits per heavy atom. The molecule has 2 aromatic rings. The molecule has 2 rings (SSSR count). The topological polar surface area (TPSA) is 135 Å². The number of alkyl carbamates (subject to hydrolysis) is 1. The molecule has 31 heavy (non-hydrogen) atoms. The first kappa shape index (κ1) is 23.4. The number of carbonyl (C=O) groups is 2. The van der Waals surface area contributed by atoms with E-state index in [1.165, 1.54) is 13.3 Å². The SMILES string of the molecule is COC(=O)Nc1cc(-c2cnc(OCC(C)NC(=O)OC(C)(C)C)c(C#N)c2)ccn1. The van der Waals surface area contributed by atoms with E-state index in [0.29, 0.717) is 16.9 Å². The van der Waals surface area contributed by atoms with E-state index in [1.807, 2.05) is 0 Å². The van der Waals surface area contributed by atoms with Gasteiger partial charge < -0.3 is 19.5 Å². The first-order valence-electron chi connectivity index (χ1n) is 9.45. The molecule has 0 aliphatic heterocycles. The molecule has 0 aliphatic rings. The van der Waals surface area contributed by atoms with Crippen LogP contribution in [0.1, 0.15) is 33.3 Å². The van der Waals surface area contributed by atoms with Gasteiger partial charge >= 0.3 is 12.2 Å². The highest BCUT2D eigenvalue weighted by molar-refractivity contribution is 5.84. The van der Waals surface area contributed by atoms with Gasteiger partial charge in [0.25, 0.3) is 0 Å². The molecule has 0 aromatic carbocycles. The molecule has 0 radical (unpaired) electrons. The molecule has 2 aromatic heterocycles. The minimum Gasteiger partial charge on any atom is -0.475 e. The minimum absolute atomic E-state index is 0.0999. The highest BCUT2D eigenvalue weighted by Gasteiger charge is 2.18. The molecule has 1 unspecified atom stereocenters. The van der Waals surface area contributed by atoms with Gasteiger partial charge in [-0.05, 0) is 51.5 Å². The second-order valence-electron chi connectivity index (χ2n) is 7.59. The molecule has 0 bridgehead atoms. The number of aromatic nitrogens is 2. The molecule has 0 fully saturated rings. The summed E-state index contributed by atoms with van der Waals surface area (Å²) in [5, 5.41) is 14.6. The quantitative estimate of drug-likeness (QED) is 0.715. The van der Waals surface area contributed by atoms with Gasteiger partial charge in [-0.1, -0.05) is 0 Å². The van der Waals surface area contributed by atoms with Crippen molar-refractivity contribution in [3.8, 4) is 23.1 Å². The third-order valence-corrected chi connectivity index (χ3v) is 3.71. The van der Waals surface area contributed by atoms with Gasteiger partial charge in [0.2, 0.25) is 5.88 Å². The average Bonchev–Trinajstić information content (AvgIpc) is 2.70. The lowest BCUT2D eigenvalue weighted by molar-refractivity contribution is 0.0493. The number of amides is 2. The number of methoxy groups -OCH3 is 1. The van der Waals surface area contributed by atoms with Gasteiger partial charge in [0.1, 0.15) is 29.7 Å². The van der Waals surface area contributed by atoms with Crippen LogP contribution >= 0.6 is 0 Å². The van der Waals surface area contributed by atoms with Gasteiger partial charge in [0, 0.05) is 18.0 Å². The number of hydrogen-bond donors (Lipinski definition) is 2. The van der Waals surface area contributed by atoms with E-state index in [2.05, 4.69) is 31.4 Å². The third-order valence-electron chi connectivity index (χ3n) is 3.71. The van der Waals surface area contributed by atoms with Gasteiger partial charge in [-0.2, -0.15) is 5.26 Å². The van der Waals surface area contributed by atoms with Gasteiger partial charge in [-0.3, -0.25) is 5.32 Å². The lowest BCUT2D eigenvalue weighted by atomic mass is 10.1. The number of carbonyl (C=O) groups excluding carboxylic acids is 2. The van der Waals surface area contributed by atoms with Crippen molar-refractivity contribution in [2.75, 3.05) is 19.0 Å². The summed E-state index contributed by atoms with van der Waals surface area (Å²) in [5.74, 6) is 0.441. The zero-order valence-corrected chi connectivity index (χ0v) is 18.1. The minimum atomic E-state index is -0.640. The van der Waals surface area contributed by atoms with E-state index in [0.717, 1.165) is 0 Å². The van der Waals surface area contributed by atoms with Crippen LogP contribution in [0.3, 0.4) is 0 Å². The Balaban J connectivity index is 2.07. The van der Waals surface area contributed by atoms with Crippen molar-refractivity contribution >= 4 is 18.0 Å². The van der Waals surface area contributed by atoms with Crippen LogP contribution in [0.15, 0.2) is 30.6 Å². The van der Waals surface area contributed by atoms with Crippen molar-refractivity contribution in [3.63, 3.8) is 0 Å². The Hall–Kier alpha value is -3.87. The Bertz CT molecular complexity index is 981. The Morgan fingerprint density at radius 3 is 2.58 bits per heavy atom. The van der Waals surface area contributed by atoms with Crippen LogP contribution < -0.4 is 15.4 Å². The normalized spacial score (nSPS) is 11.6. The molecule has 164 valence electrons. The molecule has 1 atom stereocenters. The number of rotatable bonds is 6. The number of nitrogens with zero attached hydrogens (tertiary/aromatic N) is 3. The molecular formula is C21H25N5O5. The molecular weight excluding hydrogens is 402 g/mol. The summed E-state index contributed by atoms with van der Waals surface area (Å²) in [6.45, 7) is 7.17. The number of pyridine rings is 2. The van der Waals surface area contributed by atoms with Crippen LogP contribution in [-0.4, -0.2) is 47.5 Å². The fraction of sp³-hybridized carbons (Fsp3) is 0.381. The number of nitrogens with one attached hydrogen (secondary N) is 2. The zero-order valence-electron chi connectivity index (χ0n) is 18.1. The van der Waals surface area contributed by atoms with Crippen molar-refractivity contribution in [1.29, 1.82) is 5.26 Å². The van der Waals surface area contributed by atoms with Crippen LogP contribution in [0.4, 0.5) is 15.4 Å². The number of hydrogen-bond acceptors (Lipinski definition) is 8. The van der Waals surface area contributed by atoms with Crippen molar-refractivity contribution < 1.29 is 23.8 Å². The van der Waals surface area contributed by atoms with Gasteiger partial charge in [-0.25, -0.2) is 19.6 Å². The first-order valence-corrected chi connectivity index (χ1v) is 9.45. The Morgan fingerprint density at radius 2 is 1.94 bits per heavy atom. The summed E-state index contributed by atoms with van der Waals surface area (Å²) in [7, 11) is 1.25. The van der Waals surface area contributed by atoms with E-state index >= 15 is 0 Å². The number of nitriles is 1. The lowest BCUT2D eigenvalue weighted by Crippen LogP contribution is -2.40. The zero-order chi connectivity index (χ0) is 23.0. The van der Waals surface area contributed by atoms with Crippen molar-refractivity contribution in [1.82, 2.24) is 15.3 Å². The fourth-order valence-corrected chi connectivity index (χ4v) is 2.39. The summed E-state index contributed by atoms with van der Waals surface area (Å²) in [6.07, 6.45) is 1.86. The molecule has 2 N–H and O–H groups in total. The summed E-state index contributed by atoms with van der Waals surface area (Å²) in [5.41, 5.74) is 0.951. The predicted molar refractivity (Wildman–Crippen MR) is 113 cm³/mol. The van der Waals surface area contributed by atoms with Crippen LogP contribution in [-0.2, 0) is 9.47 Å². The van der Waals surface area contributed by atoms with E-state index in [4.69, 9.17) is 9.47 Å². The Kier molecular flexibility index (Phi) is 7.74. The molecule has 0 saturated heterocycles. The summed E-state index contributed by atoms with van der Waals surface area (Å²) in [6, 6.07) is 6.65. The molecule has 10 heteroatoms. The Labute approximate surface area is 180 Å². The van der Waals surface area contributed by atoms with E-state index in [-0.39, 0.29) is 24.1 Å². The number of anilines is 1. The van der Waals surface area contributed by atoms with Gasteiger partial charge in [0.15, 0.2) is 0 Å². The molecule has 0 spiro atoms. The van der Waals surface area contributed by atoms with Crippen molar-refractivity contribution in [3.05, 3.63) is 36.2 Å². The fourth-order valence-electron chi connectivity index (χ4n) is 2.39. The highest BCUT2D eigenvalue weighted by atomic mass is 16.6. The van der Waals surface area contributed by atoms with E-state index in [1.54, 1.807) is 52.1 Å². The maximum absolute atomic E-state index is 11.8. The molecule has 0 saturated carbocycles. The lowest BCUT2D eigenvalue weighted by Gasteiger charge is -2.22. The summed E-state index contributed by atoms with van der Waals surface area (Å²) >= 11 is 0. The summed E-state index contributed by atoms with van der Waals surface area (Å²) < 4.78 is 15.4. The second kappa shape index (κ2) is 10.2. The predicted octanol–water partition coefficient (Wildman–Crippen LogP) is 3.49. The van der Waals surface area contributed by atoms with Crippen molar-refractivity contribution in [2.45, 2.75) is 39.3 Å². The van der Waals surface area contributed by atoms with Gasteiger partial charge in [-0.15, -0.1) is 0 Å². The van der Waals surface area contributed by atoms with Crippen LogP contribution in [0.5, 0.6) is 5.88 Å². The second-order valence-corrected chi connectivity index (χ2v) is 7.59. The highest BCUT2D eigenvalue weighted by Crippen LogP contribution is 2.25. The standard InChI is InChI=1S/C21H25N5O5/c1-13(25-20(28)31-21(2,3)4)12-30-18-15(10-22)8-16(11-24-18)14-6-7-23-17(9-14)26-19(27)29-5/h6-9,11,13H,12H2,1-5H3,(H,25,28)(H,23,26,27). The van der Waals surface area contributed by atoms with Gasteiger partial charge in [0.05, 0.1) is 13.2 Å². The largest absolute Gasteiger partial charge is 0.475 e. The van der Waals surface area contributed by atoms with Crippen LogP contribution in [0.25, 0.3) is 11.1 Å². The van der Waals surface area contributed by atoms with E-state index in [9.17, 15) is 14.9 Å².